The molecule has 0 aliphatic heterocycles. The first-order valence-electron chi connectivity index (χ1n) is 10.1. The molecule has 160 valence electrons. The molecule has 0 unspecified atom stereocenters. The molecule has 5 aromatic rings. The van der Waals surface area contributed by atoms with Crippen molar-refractivity contribution in [1.29, 1.82) is 0 Å². The molecule has 1 N–H and O–H groups in total. The zero-order valence-corrected chi connectivity index (χ0v) is 16.9. The van der Waals surface area contributed by atoms with Gasteiger partial charge in [-0.25, -0.2) is 14.1 Å². The molecule has 0 spiro atoms. The molecule has 0 saturated heterocycles. The number of fused-ring (bicyclic) bond motifs is 2. The molecule has 2 heterocycles. The number of rotatable bonds is 6. The van der Waals surface area contributed by atoms with Gasteiger partial charge in [0, 0.05) is 5.39 Å². The first-order valence-corrected chi connectivity index (χ1v) is 10.1. The molecule has 0 aliphatic carbocycles. The van der Waals surface area contributed by atoms with E-state index in [1.165, 1.54) is 33.9 Å². The molecule has 8 heteroatoms. The summed E-state index contributed by atoms with van der Waals surface area (Å²) in [5.41, 5.74) is 0.626. The summed E-state index contributed by atoms with van der Waals surface area (Å²) in [5.74, 6) is 0.309. The molecule has 5 rings (SSSR count). The molecule has 32 heavy (non-hydrogen) atoms. The molecule has 0 aliphatic rings. The number of aliphatic hydroxyl groups excluding tert-OH is 1. The van der Waals surface area contributed by atoms with Gasteiger partial charge in [0.05, 0.1) is 18.4 Å². The third-order valence-electron chi connectivity index (χ3n) is 5.21. The highest BCUT2D eigenvalue weighted by molar-refractivity contribution is 5.88. The second-order valence-corrected chi connectivity index (χ2v) is 7.41. The van der Waals surface area contributed by atoms with Crippen LogP contribution in [0.1, 0.15) is 0 Å². The van der Waals surface area contributed by atoms with Crippen LogP contribution in [-0.2, 0) is 6.54 Å². The SMILES string of the molecule is O=c1c2cnn(-c3ccc(F)cc3)c2ncn1C[C@H](O)COc1cccc2ccccc12. The van der Waals surface area contributed by atoms with Crippen molar-refractivity contribution in [2.24, 2.45) is 0 Å². The van der Waals surface area contributed by atoms with Crippen molar-refractivity contribution < 1.29 is 14.2 Å². The van der Waals surface area contributed by atoms with Gasteiger partial charge >= 0.3 is 0 Å². The van der Waals surface area contributed by atoms with E-state index in [0.29, 0.717) is 22.5 Å². The Hall–Kier alpha value is -4.04. The smallest absolute Gasteiger partial charge is 0.264 e. The second-order valence-electron chi connectivity index (χ2n) is 7.41. The summed E-state index contributed by atoms with van der Waals surface area (Å²) in [5, 5.41) is 17.0. The fraction of sp³-hybridized carbons (Fsp3) is 0.125. The maximum Gasteiger partial charge on any atom is 0.264 e. The molecule has 7 nitrogen and oxygen atoms in total. The van der Waals surface area contributed by atoms with Crippen LogP contribution < -0.4 is 10.3 Å². The fourth-order valence-corrected chi connectivity index (χ4v) is 3.64. The molecule has 0 fully saturated rings. The van der Waals surface area contributed by atoms with Crippen molar-refractivity contribution in [3.63, 3.8) is 0 Å². The van der Waals surface area contributed by atoms with Gasteiger partial charge in [-0.15, -0.1) is 0 Å². The highest BCUT2D eigenvalue weighted by Crippen LogP contribution is 2.25. The molecule has 3 aromatic carbocycles. The van der Waals surface area contributed by atoms with Crippen LogP contribution in [0.25, 0.3) is 27.5 Å². The second kappa shape index (κ2) is 8.24. The van der Waals surface area contributed by atoms with E-state index in [1.54, 1.807) is 12.1 Å². The first kappa shape index (κ1) is 19.9. The Bertz CT molecular complexity index is 1450. The number of benzene rings is 3. The summed E-state index contributed by atoms with van der Waals surface area (Å²) < 4.78 is 21.8. The molecule has 0 amide bonds. The van der Waals surface area contributed by atoms with Crippen molar-refractivity contribution in [3.8, 4) is 11.4 Å². The lowest BCUT2D eigenvalue weighted by Gasteiger charge is -2.15. The maximum atomic E-state index is 13.2. The van der Waals surface area contributed by atoms with Crippen LogP contribution in [0.2, 0.25) is 0 Å². The molecule has 1 atom stereocenters. The van der Waals surface area contributed by atoms with E-state index in [2.05, 4.69) is 10.1 Å². The Morgan fingerprint density at radius 3 is 2.62 bits per heavy atom. The van der Waals surface area contributed by atoms with E-state index < -0.39 is 6.10 Å². The normalized spacial score (nSPS) is 12.3. The summed E-state index contributed by atoms with van der Waals surface area (Å²) in [6, 6.07) is 19.3. The maximum absolute atomic E-state index is 13.2. The standard InChI is InChI=1S/C24H19FN4O3/c25-17-8-10-18(11-9-17)29-23-21(12-27-29)24(31)28(15-26-23)13-19(30)14-32-22-7-3-5-16-4-1-2-6-20(16)22/h1-12,15,19,30H,13-14H2/t19-/m0/s1. The van der Waals surface area contributed by atoms with Gasteiger partial charge in [0.15, 0.2) is 5.65 Å². The summed E-state index contributed by atoms with van der Waals surface area (Å²) in [7, 11) is 0. The van der Waals surface area contributed by atoms with Gasteiger partial charge in [-0.05, 0) is 35.7 Å². The predicted molar refractivity (Wildman–Crippen MR) is 119 cm³/mol. The zero-order chi connectivity index (χ0) is 22.1. The summed E-state index contributed by atoms with van der Waals surface area (Å²) in [6.45, 7) is 0.0432. The number of ether oxygens (including phenoxy) is 1. The third kappa shape index (κ3) is 3.72. The largest absolute Gasteiger partial charge is 0.490 e. The minimum Gasteiger partial charge on any atom is -0.490 e. The average molecular weight is 430 g/mol. The number of hydrogen-bond acceptors (Lipinski definition) is 5. The summed E-state index contributed by atoms with van der Waals surface area (Å²) >= 11 is 0. The van der Waals surface area contributed by atoms with E-state index in [-0.39, 0.29) is 24.5 Å². The van der Waals surface area contributed by atoms with Gasteiger partial charge in [-0.3, -0.25) is 9.36 Å². The van der Waals surface area contributed by atoms with E-state index >= 15 is 0 Å². The highest BCUT2D eigenvalue weighted by atomic mass is 19.1. The first-order chi connectivity index (χ1) is 15.6. The number of halogens is 1. The molecule has 0 radical (unpaired) electrons. The van der Waals surface area contributed by atoms with E-state index in [0.717, 1.165) is 10.8 Å². The predicted octanol–water partition coefficient (Wildman–Crippen LogP) is 3.31. The fourth-order valence-electron chi connectivity index (χ4n) is 3.64. The van der Waals surface area contributed by atoms with Crippen molar-refractivity contribution in [2.45, 2.75) is 12.6 Å². The number of aliphatic hydroxyl groups is 1. The van der Waals surface area contributed by atoms with Gasteiger partial charge < -0.3 is 9.84 Å². The van der Waals surface area contributed by atoms with Crippen LogP contribution in [0.3, 0.4) is 0 Å². The molecular weight excluding hydrogens is 411 g/mol. The van der Waals surface area contributed by atoms with Crippen LogP contribution in [0.15, 0.2) is 84.0 Å². The van der Waals surface area contributed by atoms with Gasteiger partial charge in [-0.2, -0.15) is 5.10 Å². The van der Waals surface area contributed by atoms with Crippen LogP contribution in [0.4, 0.5) is 4.39 Å². The van der Waals surface area contributed by atoms with Crippen molar-refractivity contribution >= 4 is 21.8 Å². The molecule has 0 bridgehead atoms. The minimum absolute atomic E-state index is 0.0212. The van der Waals surface area contributed by atoms with Crippen LogP contribution in [-0.4, -0.2) is 37.1 Å². The molecule has 0 saturated carbocycles. The van der Waals surface area contributed by atoms with E-state index in [1.807, 2.05) is 42.5 Å². The van der Waals surface area contributed by atoms with Gasteiger partial charge in [0.1, 0.15) is 36.0 Å². The van der Waals surface area contributed by atoms with Gasteiger partial charge in [0.2, 0.25) is 0 Å². The molecule has 2 aromatic heterocycles. The average Bonchev–Trinajstić information content (AvgIpc) is 3.25. The van der Waals surface area contributed by atoms with Gasteiger partial charge in [0.25, 0.3) is 5.56 Å². The van der Waals surface area contributed by atoms with E-state index in [9.17, 15) is 14.3 Å². The van der Waals surface area contributed by atoms with Crippen molar-refractivity contribution in [1.82, 2.24) is 19.3 Å². The zero-order valence-electron chi connectivity index (χ0n) is 16.9. The number of hydrogen-bond donors (Lipinski definition) is 1. The highest BCUT2D eigenvalue weighted by Gasteiger charge is 2.14. The van der Waals surface area contributed by atoms with E-state index in [4.69, 9.17) is 4.74 Å². The summed E-state index contributed by atoms with van der Waals surface area (Å²) in [6.07, 6.45) is 1.87. The third-order valence-corrected chi connectivity index (χ3v) is 5.21. The topological polar surface area (TPSA) is 82.2 Å². The Kier molecular flexibility index (Phi) is 5.12. The lowest BCUT2D eigenvalue weighted by molar-refractivity contribution is 0.0922. The van der Waals surface area contributed by atoms with Crippen LogP contribution in [0.5, 0.6) is 5.75 Å². The Balaban J connectivity index is 1.34. The Morgan fingerprint density at radius 2 is 1.78 bits per heavy atom. The van der Waals surface area contributed by atoms with Crippen LogP contribution >= 0.6 is 0 Å². The van der Waals surface area contributed by atoms with Crippen molar-refractivity contribution in [2.75, 3.05) is 6.61 Å². The quantitative estimate of drug-likeness (QED) is 0.447. The minimum atomic E-state index is -0.918. The van der Waals surface area contributed by atoms with Crippen molar-refractivity contribution in [3.05, 3.63) is 95.4 Å². The lowest BCUT2D eigenvalue weighted by Crippen LogP contribution is -2.30. The number of aromatic nitrogens is 4. The Labute approximate surface area is 181 Å². The van der Waals surface area contributed by atoms with Crippen LogP contribution in [0, 0.1) is 5.82 Å². The molecular formula is C24H19FN4O3. The monoisotopic (exact) mass is 430 g/mol. The summed E-state index contributed by atoms with van der Waals surface area (Å²) in [4.78, 5) is 17.2. The van der Waals surface area contributed by atoms with Gasteiger partial charge in [-0.1, -0.05) is 36.4 Å². The lowest BCUT2D eigenvalue weighted by atomic mass is 10.1. The number of nitrogens with zero attached hydrogens (tertiary/aromatic N) is 4. The Morgan fingerprint density at radius 1 is 1.00 bits per heavy atom.